The molecule has 2 fully saturated rings. The molecule has 2 N–H and O–H groups in total. The molecule has 0 aromatic carbocycles. The van der Waals surface area contributed by atoms with Crippen molar-refractivity contribution in [2.24, 2.45) is 0 Å². The summed E-state index contributed by atoms with van der Waals surface area (Å²) in [5, 5.41) is 13.5. The highest BCUT2D eigenvalue weighted by Crippen LogP contribution is 2.38. The fourth-order valence-corrected chi connectivity index (χ4v) is 6.97. The third kappa shape index (κ3) is 3.93. The van der Waals surface area contributed by atoms with Crippen LogP contribution in [0.3, 0.4) is 0 Å². The van der Waals surface area contributed by atoms with Gasteiger partial charge < -0.3 is 15.3 Å². The number of nitrogens with one attached hydrogen (secondary N) is 1. The normalized spacial score (nSPS) is 24.2. The summed E-state index contributed by atoms with van der Waals surface area (Å²) in [5.41, 5.74) is 3.14. The monoisotopic (exact) mass is 468 g/mol. The first kappa shape index (κ1) is 21.4. The van der Waals surface area contributed by atoms with Crippen molar-refractivity contribution in [3.05, 3.63) is 29.0 Å². The first-order valence-corrected chi connectivity index (χ1v) is 13.7. The lowest BCUT2D eigenvalue weighted by Crippen LogP contribution is -2.49. The van der Waals surface area contributed by atoms with Crippen LogP contribution in [0.5, 0.6) is 0 Å². The quantitative estimate of drug-likeness (QED) is 0.690. The smallest absolute Gasteiger partial charge is 0.227 e. The molecule has 2 aromatic rings. The van der Waals surface area contributed by atoms with Crippen LogP contribution in [0.2, 0.25) is 0 Å². The molecule has 4 aliphatic rings. The standard InChI is InChI=1S/C24H32N6O2S/c31-15-24(9-3-10-24)29-22-20-19(6-2-13-33(20)32)27-23(28-22)30-11-7-16(8-12-30)21-25-14-17-4-1-5-18(17)26-21/h14,16,31H,1-13,15H2,(H,27,28,29)/t33-/m0/s1. The van der Waals surface area contributed by atoms with Gasteiger partial charge in [0.05, 0.1) is 28.6 Å². The number of aliphatic hydroxyl groups is 1. The Hall–Kier alpha value is -2.13. The second kappa shape index (κ2) is 8.58. The van der Waals surface area contributed by atoms with E-state index in [4.69, 9.17) is 15.0 Å². The minimum atomic E-state index is -1.09. The predicted molar refractivity (Wildman–Crippen MR) is 127 cm³/mol. The summed E-state index contributed by atoms with van der Waals surface area (Å²) in [6, 6.07) is 0. The Morgan fingerprint density at radius 3 is 2.64 bits per heavy atom. The van der Waals surface area contributed by atoms with Crippen molar-refractivity contribution in [3.63, 3.8) is 0 Å². The van der Waals surface area contributed by atoms with Crippen LogP contribution >= 0.6 is 0 Å². The first-order chi connectivity index (χ1) is 16.1. The molecule has 0 radical (unpaired) electrons. The van der Waals surface area contributed by atoms with E-state index in [2.05, 4.69) is 15.2 Å². The van der Waals surface area contributed by atoms with Crippen LogP contribution in [0.25, 0.3) is 0 Å². The molecule has 0 spiro atoms. The third-order valence-electron chi connectivity index (χ3n) is 7.87. The van der Waals surface area contributed by atoms with Crippen LogP contribution < -0.4 is 10.2 Å². The van der Waals surface area contributed by atoms with Gasteiger partial charge in [0.25, 0.3) is 0 Å². The lowest BCUT2D eigenvalue weighted by molar-refractivity contribution is 0.143. The van der Waals surface area contributed by atoms with E-state index in [1.807, 2.05) is 6.20 Å². The van der Waals surface area contributed by atoms with E-state index in [1.54, 1.807) is 0 Å². The lowest BCUT2D eigenvalue weighted by atomic mass is 9.77. The summed E-state index contributed by atoms with van der Waals surface area (Å²) < 4.78 is 12.9. The van der Waals surface area contributed by atoms with Crippen molar-refractivity contribution in [2.75, 3.05) is 35.7 Å². The molecular formula is C24H32N6O2S. The van der Waals surface area contributed by atoms with E-state index in [-0.39, 0.29) is 12.1 Å². The fourth-order valence-electron chi connectivity index (χ4n) is 5.63. The molecule has 9 heteroatoms. The average Bonchev–Trinajstić information content (AvgIpc) is 3.29. The zero-order valence-electron chi connectivity index (χ0n) is 19.1. The molecule has 1 saturated carbocycles. The number of aryl methyl sites for hydroxylation is 3. The van der Waals surface area contributed by atoms with E-state index in [0.717, 1.165) is 93.2 Å². The molecule has 2 aromatic heterocycles. The van der Waals surface area contributed by atoms with Crippen LogP contribution in [-0.2, 0) is 30.1 Å². The summed E-state index contributed by atoms with van der Waals surface area (Å²) in [5.74, 6) is 3.42. The number of rotatable bonds is 5. The molecule has 0 bridgehead atoms. The highest BCUT2D eigenvalue weighted by Gasteiger charge is 2.39. The molecule has 4 heterocycles. The largest absolute Gasteiger partial charge is 0.394 e. The van der Waals surface area contributed by atoms with E-state index in [9.17, 15) is 9.32 Å². The molecule has 33 heavy (non-hydrogen) atoms. The topological polar surface area (TPSA) is 104 Å². The molecule has 2 aliphatic heterocycles. The number of piperidine rings is 1. The van der Waals surface area contributed by atoms with Gasteiger partial charge in [0.2, 0.25) is 5.95 Å². The number of nitrogens with zero attached hydrogens (tertiary/aromatic N) is 5. The number of hydrogen-bond donors (Lipinski definition) is 2. The Morgan fingerprint density at radius 1 is 1.06 bits per heavy atom. The Bertz CT molecular complexity index is 1080. The van der Waals surface area contributed by atoms with Gasteiger partial charge in [-0.25, -0.2) is 15.0 Å². The van der Waals surface area contributed by atoms with Gasteiger partial charge in [0.15, 0.2) is 0 Å². The van der Waals surface area contributed by atoms with Crippen molar-refractivity contribution in [1.82, 2.24) is 19.9 Å². The van der Waals surface area contributed by atoms with Gasteiger partial charge in [-0.3, -0.25) is 4.21 Å². The van der Waals surface area contributed by atoms with Gasteiger partial charge in [-0.1, -0.05) is 0 Å². The van der Waals surface area contributed by atoms with Crippen LogP contribution in [0.1, 0.15) is 73.6 Å². The van der Waals surface area contributed by atoms with Crippen molar-refractivity contribution < 1.29 is 9.32 Å². The predicted octanol–water partition coefficient (Wildman–Crippen LogP) is 2.52. The molecule has 1 saturated heterocycles. The minimum Gasteiger partial charge on any atom is -0.394 e. The van der Waals surface area contributed by atoms with Crippen molar-refractivity contribution in [2.45, 2.75) is 80.6 Å². The van der Waals surface area contributed by atoms with E-state index in [1.165, 1.54) is 17.7 Å². The zero-order chi connectivity index (χ0) is 22.4. The molecule has 0 amide bonds. The van der Waals surface area contributed by atoms with Gasteiger partial charge in [-0.05, 0) is 69.8 Å². The SMILES string of the molecule is O=[S@]1CCCc2nc(N3CCC(c4ncc5c(n4)CCC5)CC3)nc(NC3(CO)CCC3)c21. The van der Waals surface area contributed by atoms with Crippen molar-refractivity contribution in [3.8, 4) is 0 Å². The summed E-state index contributed by atoms with van der Waals surface area (Å²) in [6.07, 6.45) is 12.0. The molecule has 1 atom stereocenters. The Balaban J connectivity index is 1.23. The maximum absolute atomic E-state index is 12.9. The highest BCUT2D eigenvalue weighted by molar-refractivity contribution is 7.85. The van der Waals surface area contributed by atoms with Gasteiger partial charge in [0.1, 0.15) is 16.5 Å². The molecule has 0 unspecified atom stereocenters. The van der Waals surface area contributed by atoms with Gasteiger partial charge in [0, 0.05) is 36.7 Å². The van der Waals surface area contributed by atoms with E-state index in [0.29, 0.717) is 17.5 Å². The first-order valence-electron chi connectivity index (χ1n) is 12.4. The number of anilines is 2. The molecule has 2 aliphatic carbocycles. The number of fused-ring (bicyclic) bond motifs is 2. The summed E-state index contributed by atoms with van der Waals surface area (Å²) in [4.78, 5) is 22.4. The van der Waals surface area contributed by atoms with Crippen LogP contribution in [0, 0.1) is 0 Å². The fraction of sp³-hybridized carbons (Fsp3) is 0.667. The number of aliphatic hydroxyl groups excluding tert-OH is 1. The third-order valence-corrected chi connectivity index (χ3v) is 9.41. The average molecular weight is 469 g/mol. The van der Waals surface area contributed by atoms with Crippen molar-refractivity contribution >= 4 is 22.6 Å². The zero-order valence-corrected chi connectivity index (χ0v) is 19.9. The maximum atomic E-state index is 12.9. The Kier molecular flexibility index (Phi) is 5.57. The number of hydrogen-bond acceptors (Lipinski definition) is 8. The van der Waals surface area contributed by atoms with Crippen molar-refractivity contribution in [1.29, 1.82) is 0 Å². The minimum absolute atomic E-state index is 0.0694. The van der Waals surface area contributed by atoms with Gasteiger partial charge in [-0.15, -0.1) is 0 Å². The molecule has 176 valence electrons. The second-order valence-electron chi connectivity index (χ2n) is 10.0. The van der Waals surface area contributed by atoms with Crippen LogP contribution in [-0.4, -0.2) is 60.2 Å². The van der Waals surface area contributed by atoms with E-state index < -0.39 is 10.8 Å². The molecular weight excluding hydrogens is 436 g/mol. The number of aromatic nitrogens is 4. The lowest BCUT2D eigenvalue weighted by Gasteiger charge is -2.42. The Morgan fingerprint density at radius 2 is 1.88 bits per heavy atom. The van der Waals surface area contributed by atoms with Crippen LogP contribution in [0.4, 0.5) is 11.8 Å². The van der Waals surface area contributed by atoms with Crippen LogP contribution in [0.15, 0.2) is 11.1 Å². The highest BCUT2D eigenvalue weighted by atomic mass is 32.2. The van der Waals surface area contributed by atoms with Gasteiger partial charge >= 0.3 is 0 Å². The maximum Gasteiger partial charge on any atom is 0.227 e. The second-order valence-corrected chi connectivity index (χ2v) is 11.5. The Labute approximate surface area is 197 Å². The summed E-state index contributed by atoms with van der Waals surface area (Å²) >= 11 is 0. The molecule has 6 rings (SSSR count). The van der Waals surface area contributed by atoms with Gasteiger partial charge in [-0.2, -0.15) is 4.98 Å². The summed E-state index contributed by atoms with van der Waals surface area (Å²) in [6.45, 7) is 1.79. The van der Waals surface area contributed by atoms with E-state index >= 15 is 0 Å². The molecule has 8 nitrogen and oxygen atoms in total. The summed E-state index contributed by atoms with van der Waals surface area (Å²) in [7, 11) is -1.09.